The first-order valence-corrected chi connectivity index (χ1v) is 3.93. The minimum Gasteiger partial charge on any atom is -0.369 e. The van der Waals surface area contributed by atoms with E-state index in [0.29, 0.717) is 11.8 Å². The quantitative estimate of drug-likeness (QED) is 0.503. The van der Waals surface area contributed by atoms with Crippen LogP contribution in [0.25, 0.3) is 0 Å². The summed E-state index contributed by atoms with van der Waals surface area (Å²) >= 11 is 0. The molecule has 0 aromatic rings. The van der Waals surface area contributed by atoms with Gasteiger partial charge in [0, 0.05) is 6.04 Å². The molecule has 2 bridgehead atoms. The Hall–Kier alpha value is -0.830. The molecule has 1 amide bonds. The van der Waals surface area contributed by atoms with Gasteiger partial charge in [-0.1, -0.05) is 12.2 Å². The van der Waals surface area contributed by atoms with Crippen LogP contribution in [-0.2, 0) is 4.79 Å². The van der Waals surface area contributed by atoms with Crippen LogP contribution in [0.2, 0.25) is 0 Å². The SMILES string of the molecule is NC(=O)[C@H]1[C@@H](N)[C@H]2C=C[C@@H]1C2. The van der Waals surface area contributed by atoms with E-state index < -0.39 is 0 Å². The number of hydrogen-bond donors (Lipinski definition) is 2. The average Bonchev–Trinajstić information content (AvgIpc) is 2.44. The van der Waals surface area contributed by atoms with Crippen LogP contribution in [0.3, 0.4) is 0 Å². The normalized spacial score (nSPS) is 46.6. The number of nitrogens with two attached hydrogens (primary N) is 2. The van der Waals surface area contributed by atoms with E-state index in [1.807, 2.05) is 0 Å². The van der Waals surface area contributed by atoms with E-state index in [1.54, 1.807) is 0 Å². The Morgan fingerprint density at radius 1 is 1.36 bits per heavy atom. The molecule has 0 saturated heterocycles. The number of rotatable bonds is 1. The predicted octanol–water partition coefficient (Wildman–Crippen LogP) is -0.379. The molecule has 60 valence electrons. The molecule has 3 heteroatoms. The van der Waals surface area contributed by atoms with Crippen molar-refractivity contribution in [3.05, 3.63) is 12.2 Å². The van der Waals surface area contributed by atoms with Crippen LogP contribution in [-0.4, -0.2) is 11.9 Å². The lowest BCUT2D eigenvalue weighted by molar-refractivity contribution is -0.122. The number of fused-ring (bicyclic) bond motifs is 2. The molecular weight excluding hydrogens is 140 g/mol. The number of allylic oxidation sites excluding steroid dienone is 1. The van der Waals surface area contributed by atoms with Crippen LogP contribution in [0.5, 0.6) is 0 Å². The summed E-state index contributed by atoms with van der Waals surface area (Å²) in [5.41, 5.74) is 11.0. The van der Waals surface area contributed by atoms with Gasteiger partial charge < -0.3 is 11.5 Å². The van der Waals surface area contributed by atoms with E-state index >= 15 is 0 Å². The first-order valence-electron chi connectivity index (χ1n) is 3.93. The fourth-order valence-electron chi connectivity index (χ4n) is 2.26. The van der Waals surface area contributed by atoms with Crippen molar-refractivity contribution >= 4 is 5.91 Å². The number of amides is 1. The number of hydrogen-bond acceptors (Lipinski definition) is 2. The molecular formula is C8H12N2O. The van der Waals surface area contributed by atoms with E-state index in [0.717, 1.165) is 6.42 Å². The number of carbonyl (C=O) groups is 1. The third kappa shape index (κ3) is 0.807. The maximum atomic E-state index is 10.9. The molecule has 2 aliphatic carbocycles. The van der Waals surface area contributed by atoms with Gasteiger partial charge in [0.1, 0.15) is 0 Å². The summed E-state index contributed by atoms with van der Waals surface area (Å²) in [6.45, 7) is 0. The fraction of sp³-hybridized carbons (Fsp3) is 0.625. The van der Waals surface area contributed by atoms with Gasteiger partial charge in [0.2, 0.25) is 5.91 Å². The lowest BCUT2D eigenvalue weighted by atomic mass is 9.89. The van der Waals surface area contributed by atoms with Crippen LogP contribution < -0.4 is 11.5 Å². The monoisotopic (exact) mass is 152 g/mol. The zero-order valence-corrected chi connectivity index (χ0v) is 6.23. The summed E-state index contributed by atoms with van der Waals surface area (Å²) < 4.78 is 0. The predicted molar refractivity (Wildman–Crippen MR) is 41.4 cm³/mol. The maximum Gasteiger partial charge on any atom is 0.222 e. The Morgan fingerprint density at radius 3 is 2.36 bits per heavy atom. The highest BCUT2D eigenvalue weighted by molar-refractivity contribution is 5.79. The maximum absolute atomic E-state index is 10.9. The topological polar surface area (TPSA) is 69.1 Å². The van der Waals surface area contributed by atoms with Gasteiger partial charge in [0.15, 0.2) is 0 Å². The highest BCUT2D eigenvalue weighted by atomic mass is 16.1. The molecule has 0 radical (unpaired) electrons. The van der Waals surface area contributed by atoms with E-state index in [9.17, 15) is 4.79 Å². The third-order valence-corrected chi connectivity index (χ3v) is 2.85. The summed E-state index contributed by atoms with van der Waals surface area (Å²) in [7, 11) is 0. The molecule has 0 spiro atoms. The second-order valence-corrected chi connectivity index (χ2v) is 3.45. The molecule has 0 unspecified atom stereocenters. The molecule has 2 rings (SSSR count). The molecule has 1 fully saturated rings. The molecule has 1 saturated carbocycles. The molecule has 0 aromatic carbocycles. The number of primary amides is 1. The van der Waals surface area contributed by atoms with Crippen molar-refractivity contribution in [2.45, 2.75) is 12.5 Å². The van der Waals surface area contributed by atoms with Crippen LogP contribution in [0.4, 0.5) is 0 Å². The minimum absolute atomic E-state index is 0.0255. The second-order valence-electron chi connectivity index (χ2n) is 3.45. The van der Waals surface area contributed by atoms with Gasteiger partial charge in [-0.3, -0.25) is 4.79 Å². The Labute approximate surface area is 65.4 Å². The zero-order valence-electron chi connectivity index (χ0n) is 6.23. The number of carbonyl (C=O) groups excluding carboxylic acids is 1. The van der Waals surface area contributed by atoms with Gasteiger partial charge in [-0.15, -0.1) is 0 Å². The van der Waals surface area contributed by atoms with Crippen molar-refractivity contribution < 1.29 is 4.79 Å². The Morgan fingerprint density at radius 2 is 2.00 bits per heavy atom. The first kappa shape index (κ1) is 6.85. The summed E-state index contributed by atoms with van der Waals surface area (Å²) in [4.78, 5) is 10.9. The van der Waals surface area contributed by atoms with Gasteiger partial charge in [-0.25, -0.2) is 0 Å². The Kier molecular flexibility index (Phi) is 1.29. The van der Waals surface area contributed by atoms with Gasteiger partial charge in [-0.05, 0) is 18.3 Å². The second kappa shape index (κ2) is 2.08. The van der Waals surface area contributed by atoms with Gasteiger partial charge in [-0.2, -0.15) is 0 Å². The van der Waals surface area contributed by atoms with Crippen LogP contribution >= 0.6 is 0 Å². The molecule has 11 heavy (non-hydrogen) atoms. The smallest absolute Gasteiger partial charge is 0.222 e. The van der Waals surface area contributed by atoms with Crippen LogP contribution in [0.1, 0.15) is 6.42 Å². The van der Waals surface area contributed by atoms with Gasteiger partial charge in [0.05, 0.1) is 5.92 Å². The molecule has 0 heterocycles. The van der Waals surface area contributed by atoms with Crippen molar-refractivity contribution in [1.29, 1.82) is 0 Å². The molecule has 2 aliphatic rings. The zero-order chi connectivity index (χ0) is 8.01. The largest absolute Gasteiger partial charge is 0.369 e. The van der Waals surface area contributed by atoms with Crippen LogP contribution in [0, 0.1) is 17.8 Å². The minimum atomic E-state index is -0.241. The van der Waals surface area contributed by atoms with Crippen molar-refractivity contribution in [1.82, 2.24) is 0 Å². The average molecular weight is 152 g/mol. The first-order chi connectivity index (χ1) is 5.20. The molecule has 0 aliphatic heterocycles. The lowest BCUT2D eigenvalue weighted by Crippen LogP contribution is -2.41. The van der Waals surface area contributed by atoms with E-state index in [4.69, 9.17) is 11.5 Å². The third-order valence-electron chi connectivity index (χ3n) is 2.85. The Bertz CT molecular complexity index is 224. The summed E-state index contributed by atoms with van der Waals surface area (Å²) in [5.74, 6) is 0.379. The molecule has 3 nitrogen and oxygen atoms in total. The van der Waals surface area contributed by atoms with Gasteiger partial charge >= 0.3 is 0 Å². The summed E-state index contributed by atoms with van der Waals surface area (Å²) in [6.07, 6.45) is 5.20. The highest BCUT2D eigenvalue weighted by Gasteiger charge is 2.45. The molecule has 4 atom stereocenters. The summed E-state index contributed by atoms with van der Waals surface area (Å²) in [5, 5.41) is 0. The molecule has 4 N–H and O–H groups in total. The fourth-order valence-corrected chi connectivity index (χ4v) is 2.26. The van der Waals surface area contributed by atoms with Crippen molar-refractivity contribution in [2.75, 3.05) is 0 Å². The van der Waals surface area contributed by atoms with Crippen molar-refractivity contribution in [3.63, 3.8) is 0 Å². The Balaban J connectivity index is 2.25. The van der Waals surface area contributed by atoms with E-state index in [1.165, 1.54) is 0 Å². The van der Waals surface area contributed by atoms with Gasteiger partial charge in [0.25, 0.3) is 0 Å². The van der Waals surface area contributed by atoms with E-state index in [-0.39, 0.29) is 17.9 Å². The lowest BCUT2D eigenvalue weighted by Gasteiger charge is -2.20. The van der Waals surface area contributed by atoms with Crippen molar-refractivity contribution in [3.8, 4) is 0 Å². The van der Waals surface area contributed by atoms with Crippen molar-refractivity contribution in [2.24, 2.45) is 29.2 Å². The standard InChI is InChI=1S/C8H12N2O/c9-7-5-2-1-4(3-5)6(7)8(10)11/h1-2,4-7H,3,9H2,(H2,10,11)/t4-,5+,6-,7+/m1/s1. The highest BCUT2D eigenvalue weighted by Crippen LogP contribution is 2.42. The molecule has 0 aromatic heterocycles. The summed E-state index contributed by atoms with van der Waals surface area (Å²) in [6, 6.07) is -0.0255. The van der Waals surface area contributed by atoms with Crippen LogP contribution in [0.15, 0.2) is 12.2 Å². The van der Waals surface area contributed by atoms with E-state index in [2.05, 4.69) is 12.2 Å².